The van der Waals surface area contributed by atoms with Crippen LogP contribution in [0, 0.1) is 0 Å². The molecular weight excluding hydrogens is 242 g/mol. The maximum atomic E-state index is 12.1. The number of anilines is 1. The monoisotopic (exact) mass is 257 g/mol. The third-order valence-electron chi connectivity index (χ3n) is 2.84. The summed E-state index contributed by atoms with van der Waals surface area (Å²) in [6.45, 7) is 2.02. The summed E-state index contributed by atoms with van der Waals surface area (Å²) < 4.78 is 1.14. The van der Waals surface area contributed by atoms with Gasteiger partial charge in [0.25, 0.3) is 11.5 Å². The molecule has 0 saturated heterocycles. The van der Waals surface area contributed by atoms with Gasteiger partial charge in [-0.05, 0) is 24.1 Å². The number of amides is 1. The summed E-state index contributed by atoms with van der Waals surface area (Å²) in [5.41, 5.74) is 1.80. The number of hydrogen-bond acceptors (Lipinski definition) is 3. The smallest absolute Gasteiger partial charge is 0.276 e. The molecule has 0 bridgehead atoms. The van der Waals surface area contributed by atoms with E-state index in [0.717, 1.165) is 22.4 Å². The van der Waals surface area contributed by atoms with E-state index >= 15 is 0 Å². The molecule has 1 amide bonds. The Hall–Kier alpha value is -2.43. The lowest BCUT2D eigenvalue weighted by Gasteiger charge is -2.09. The van der Waals surface area contributed by atoms with E-state index in [9.17, 15) is 9.59 Å². The lowest BCUT2D eigenvalue weighted by atomic mass is 10.1. The zero-order chi connectivity index (χ0) is 13.8. The van der Waals surface area contributed by atoms with Gasteiger partial charge in [-0.3, -0.25) is 9.59 Å². The van der Waals surface area contributed by atoms with Crippen molar-refractivity contribution in [1.29, 1.82) is 0 Å². The lowest BCUT2D eigenvalue weighted by molar-refractivity contribution is 0.102. The van der Waals surface area contributed by atoms with Crippen LogP contribution in [0.3, 0.4) is 0 Å². The number of benzene rings is 1. The standard InChI is InChI=1S/C14H15N3O2/c1-3-10-6-4-5-7-11(10)15-14(19)12-8-9-13(18)17(2)16-12/h4-9H,3H2,1-2H3,(H,15,19). The molecule has 2 rings (SSSR count). The molecule has 0 spiro atoms. The summed E-state index contributed by atoms with van der Waals surface area (Å²) in [6.07, 6.45) is 0.831. The van der Waals surface area contributed by atoms with Crippen LogP contribution < -0.4 is 10.9 Å². The number of aromatic nitrogens is 2. The molecule has 5 heteroatoms. The molecular formula is C14H15N3O2. The minimum atomic E-state index is -0.323. The molecule has 0 radical (unpaired) electrons. The topological polar surface area (TPSA) is 64.0 Å². The molecule has 1 aromatic heterocycles. The van der Waals surface area contributed by atoms with Crippen LogP contribution in [0.25, 0.3) is 0 Å². The first kappa shape index (κ1) is 13.0. The van der Waals surface area contributed by atoms with Crippen molar-refractivity contribution < 1.29 is 4.79 Å². The van der Waals surface area contributed by atoms with Crippen molar-refractivity contribution in [3.05, 3.63) is 58.0 Å². The zero-order valence-corrected chi connectivity index (χ0v) is 10.9. The van der Waals surface area contributed by atoms with Gasteiger partial charge in [-0.1, -0.05) is 25.1 Å². The molecule has 0 atom stereocenters. The Morgan fingerprint density at radius 1 is 1.26 bits per heavy atom. The first-order valence-corrected chi connectivity index (χ1v) is 6.05. The summed E-state index contributed by atoms with van der Waals surface area (Å²) in [5.74, 6) is -0.323. The van der Waals surface area contributed by atoms with E-state index < -0.39 is 0 Å². The van der Waals surface area contributed by atoms with E-state index in [2.05, 4.69) is 10.4 Å². The molecule has 5 nitrogen and oxygen atoms in total. The molecule has 19 heavy (non-hydrogen) atoms. The van der Waals surface area contributed by atoms with Gasteiger partial charge in [-0.2, -0.15) is 5.10 Å². The molecule has 0 aliphatic heterocycles. The van der Waals surface area contributed by atoms with Gasteiger partial charge in [0, 0.05) is 18.8 Å². The summed E-state index contributed by atoms with van der Waals surface area (Å²) in [7, 11) is 1.51. The predicted molar refractivity (Wildman–Crippen MR) is 73.3 cm³/mol. The number of aryl methyl sites for hydroxylation is 2. The van der Waals surface area contributed by atoms with Crippen molar-refractivity contribution >= 4 is 11.6 Å². The van der Waals surface area contributed by atoms with Crippen molar-refractivity contribution in [2.24, 2.45) is 7.05 Å². The van der Waals surface area contributed by atoms with Crippen molar-refractivity contribution in [2.75, 3.05) is 5.32 Å². The maximum Gasteiger partial charge on any atom is 0.276 e. The molecule has 0 fully saturated rings. The van der Waals surface area contributed by atoms with Crippen LogP contribution in [0.4, 0.5) is 5.69 Å². The van der Waals surface area contributed by atoms with Crippen LogP contribution >= 0.6 is 0 Å². The van der Waals surface area contributed by atoms with Gasteiger partial charge in [0.05, 0.1) is 0 Å². The summed E-state index contributed by atoms with van der Waals surface area (Å²) >= 11 is 0. The summed E-state index contributed by atoms with van der Waals surface area (Å²) in [4.78, 5) is 23.3. The third-order valence-corrected chi connectivity index (χ3v) is 2.84. The van der Waals surface area contributed by atoms with E-state index in [1.165, 1.54) is 19.2 Å². The van der Waals surface area contributed by atoms with Crippen molar-refractivity contribution in [1.82, 2.24) is 9.78 Å². The Labute approximate surface area is 110 Å². The van der Waals surface area contributed by atoms with Crippen molar-refractivity contribution in [2.45, 2.75) is 13.3 Å². The molecule has 0 aliphatic carbocycles. The third kappa shape index (κ3) is 2.88. The second-order valence-electron chi connectivity index (χ2n) is 4.15. The van der Waals surface area contributed by atoms with E-state index in [1.807, 2.05) is 31.2 Å². The molecule has 98 valence electrons. The number of para-hydroxylation sites is 1. The van der Waals surface area contributed by atoms with E-state index in [-0.39, 0.29) is 17.2 Å². The summed E-state index contributed by atoms with van der Waals surface area (Å²) in [5, 5.41) is 6.72. The fraction of sp³-hybridized carbons (Fsp3) is 0.214. The van der Waals surface area contributed by atoms with Crippen LogP contribution in [-0.2, 0) is 13.5 Å². The Balaban J connectivity index is 2.25. The fourth-order valence-corrected chi connectivity index (χ4v) is 1.76. The molecule has 1 N–H and O–H groups in total. The minimum absolute atomic E-state index is 0.216. The Morgan fingerprint density at radius 3 is 2.68 bits per heavy atom. The second kappa shape index (κ2) is 5.48. The molecule has 1 heterocycles. The number of nitrogens with zero attached hydrogens (tertiary/aromatic N) is 2. The van der Waals surface area contributed by atoms with Crippen LogP contribution in [0.1, 0.15) is 23.0 Å². The zero-order valence-electron chi connectivity index (χ0n) is 10.9. The van der Waals surface area contributed by atoms with Gasteiger partial charge >= 0.3 is 0 Å². The van der Waals surface area contributed by atoms with Gasteiger partial charge in [-0.15, -0.1) is 0 Å². The second-order valence-corrected chi connectivity index (χ2v) is 4.15. The SMILES string of the molecule is CCc1ccccc1NC(=O)c1ccc(=O)n(C)n1. The molecule has 0 unspecified atom stereocenters. The van der Waals surface area contributed by atoms with Crippen LogP contribution in [0.2, 0.25) is 0 Å². The average Bonchev–Trinajstić information content (AvgIpc) is 2.42. The molecule has 1 aromatic carbocycles. The fourth-order valence-electron chi connectivity index (χ4n) is 1.76. The minimum Gasteiger partial charge on any atom is -0.320 e. The van der Waals surface area contributed by atoms with Crippen LogP contribution in [0.15, 0.2) is 41.2 Å². The highest BCUT2D eigenvalue weighted by Crippen LogP contribution is 2.15. The largest absolute Gasteiger partial charge is 0.320 e. The first-order chi connectivity index (χ1) is 9.11. The van der Waals surface area contributed by atoms with Crippen LogP contribution in [0.5, 0.6) is 0 Å². The van der Waals surface area contributed by atoms with Gasteiger partial charge in [0.2, 0.25) is 0 Å². The molecule has 0 aliphatic rings. The average molecular weight is 257 g/mol. The quantitative estimate of drug-likeness (QED) is 0.908. The Morgan fingerprint density at radius 2 is 2.00 bits per heavy atom. The number of hydrogen-bond donors (Lipinski definition) is 1. The highest BCUT2D eigenvalue weighted by molar-refractivity contribution is 6.03. The molecule has 2 aromatic rings. The molecule has 0 saturated carbocycles. The number of nitrogens with one attached hydrogen (secondary N) is 1. The van der Waals surface area contributed by atoms with Crippen molar-refractivity contribution in [3.63, 3.8) is 0 Å². The maximum absolute atomic E-state index is 12.1. The predicted octanol–water partition coefficient (Wildman–Crippen LogP) is 1.59. The first-order valence-electron chi connectivity index (χ1n) is 6.05. The van der Waals surface area contributed by atoms with Gasteiger partial charge in [0.15, 0.2) is 0 Å². The number of rotatable bonds is 3. The van der Waals surface area contributed by atoms with Gasteiger partial charge < -0.3 is 5.32 Å². The summed E-state index contributed by atoms with van der Waals surface area (Å²) in [6, 6.07) is 10.4. The number of carbonyl (C=O) groups is 1. The normalized spacial score (nSPS) is 10.2. The number of carbonyl (C=O) groups excluding carboxylic acids is 1. The highest BCUT2D eigenvalue weighted by Gasteiger charge is 2.10. The van der Waals surface area contributed by atoms with Gasteiger partial charge in [0.1, 0.15) is 5.69 Å². The highest BCUT2D eigenvalue weighted by atomic mass is 16.2. The van der Waals surface area contributed by atoms with Crippen LogP contribution in [-0.4, -0.2) is 15.7 Å². The Bertz CT molecular complexity index is 662. The van der Waals surface area contributed by atoms with Gasteiger partial charge in [-0.25, -0.2) is 4.68 Å². The van der Waals surface area contributed by atoms with E-state index in [1.54, 1.807) is 0 Å². The lowest BCUT2D eigenvalue weighted by Crippen LogP contribution is -2.23. The van der Waals surface area contributed by atoms with Crippen molar-refractivity contribution in [3.8, 4) is 0 Å². The van der Waals surface area contributed by atoms with E-state index in [0.29, 0.717) is 0 Å². The van der Waals surface area contributed by atoms with E-state index in [4.69, 9.17) is 0 Å². The Kier molecular flexibility index (Phi) is 3.75.